The van der Waals surface area contributed by atoms with Crippen LogP contribution in [-0.4, -0.2) is 27.4 Å². The third kappa shape index (κ3) is 4.68. The summed E-state index contributed by atoms with van der Waals surface area (Å²) in [6, 6.07) is 8.11. The molecule has 0 saturated carbocycles. The summed E-state index contributed by atoms with van der Waals surface area (Å²) in [6.45, 7) is 0.698. The Bertz CT molecular complexity index is 1300. The molecule has 0 saturated heterocycles. The number of halogens is 4. The van der Waals surface area contributed by atoms with Crippen LogP contribution in [0.2, 0.25) is 0 Å². The highest BCUT2D eigenvalue weighted by atomic mass is 19.4. The van der Waals surface area contributed by atoms with Crippen LogP contribution in [0.4, 0.5) is 23.2 Å². The number of amides is 1. The number of methoxy groups -OCH3 is 1. The number of carbonyl (C=O) groups is 1. The zero-order valence-electron chi connectivity index (χ0n) is 16.7. The average molecular weight is 452 g/mol. The minimum Gasteiger partial charge on any atom is -0.476 e. The van der Waals surface area contributed by atoms with E-state index in [4.69, 9.17) is 4.74 Å². The number of benzene rings is 2. The van der Waals surface area contributed by atoms with Crippen molar-refractivity contribution in [2.75, 3.05) is 12.4 Å². The maximum Gasteiger partial charge on any atom is 0.419 e. The largest absolute Gasteiger partial charge is 0.476 e. The highest BCUT2D eigenvalue weighted by molar-refractivity contribution is 5.88. The van der Waals surface area contributed by atoms with Crippen molar-refractivity contribution in [2.24, 2.45) is 0 Å². The minimum absolute atomic E-state index is 0.135. The van der Waals surface area contributed by atoms with Gasteiger partial charge in [0.25, 0.3) is 5.88 Å². The summed E-state index contributed by atoms with van der Waals surface area (Å²) in [6.07, 6.45) is -4.95. The van der Waals surface area contributed by atoms with Crippen molar-refractivity contribution in [3.63, 3.8) is 0 Å². The van der Waals surface area contributed by atoms with Gasteiger partial charge < -0.3 is 10.1 Å². The first-order valence-electron chi connectivity index (χ1n) is 9.03. The van der Waals surface area contributed by atoms with E-state index in [2.05, 4.69) is 10.4 Å². The molecule has 32 heavy (non-hydrogen) atoms. The molecule has 0 fully saturated rings. The van der Waals surface area contributed by atoms with Crippen LogP contribution in [-0.2, 0) is 17.5 Å². The number of anilines is 1. The Labute approximate surface area is 177 Å². The SMILES string of the molecule is COc1nn(-c2cccc(NC(C)=O)c2)c(=O)n(Cc2ccc(F)c(C(F)(F)F)c2)c1=O. The molecule has 0 radical (unpaired) electrons. The summed E-state index contributed by atoms with van der Waals surface area (Å²) in [4.78, 5) is 36.8. The molecule has 0 unspecified atom stereocenters. The van der Waals surface area contributed by atoms with Gasteiger partial charge in [-0.1, -0.05) is 12.1 Å². The van der Waals surface area contributed by atoms with Gasteiger partial charge in [-0.25, -0.2) is 13.8 Å². The topological polar surface area (TPSA) is 95.2 Å². The van der Waals surface area contributed by atoms with E-state index in [0.717, 1.165) is 17.9 Å². The van der Waals surface area contributed by atoms with Crippen LogP contribution in [0, 0.1) is 5.82 Å². The van der Waals surface area contributed by atoms with Gasteiger partial charge in [0.15, 0.2) is 0 Å². The first-order valence-corrected chi connectivity index (χ1v) is 9.03. The summed E-state index contributed by atoms with van der Waals surface area (Å²) < 4.78 is 59.0. The summed E-state index contributed by atoms with van der Waals surface area (Å²) in [5.41, 5.74) is -3.12. The Morgan fingerprint density at radius 3 is 2.50 bits per heavy atom. The van der Waals surface area contributed by atoms with Crippen LogP contribution in [0.5, 0.6) is 5.88 Å². The molecular weight excluding hydrogens is 436 g/mol. The van der Waals surface area contributed by atoms with Crippen molar-refractivity contribution >= 4 is 11.6 Å². The molecule has 1 amide bonds. The van der Waals surface area contributed by atoms with Crippen LogP contribution in [0.3, 0.4) is 0 Å². The van der Waals surface area contributed by atoms with Crippen molar-refractivity contribution in [3.8, 4) is 11.6 Å². The fourth-order valence-corrected chi connectivity index (χ4v) is 2.92. The lowest BCUT2D eigenvalue weighted by Crippen LogP contribution is -2.41. The van der Waals surface area contributed by atoms with Gasteiger partial charge in [-0.05, 0) is 35.9 Å². The number of carbonyl (C=O) groups excluding carboxylic acids is 1. The molecule has 0 bridgehead atoms. The van der Waals surface area contributed by atoms with Crippen molar-refractivity contribution in [1.29, 1.82) is 0 Å². The Morgan fingerprint density at radius 2 is 1.88 bits per heavy atom. The van der Waals surface area contributed by atoms with Gasteiger partial charge in [0, 0.05) is 12.6 Å². The van der Waals surface area contributed by atoms with E-state index in [1.165, 1.54) is 25.1 Å². The van der Waals surface area contributed by atoms with Gasteiger partial charge in [0.2, 0.25) is 5.91 Å². The molecule has 0 aliphatic heterocycles. The van der Waals surface area contributed by atoms with Crippen LogP contribution in [0.1, 0.15) is 18.1 Å². The molecule has 2 aromatic carbocycles. The van der Waals surface area contributed by atoms with Crippen molar-refractivity contribution in [2.45, 2.75) is 19.6 Å². The number of hydrogen-bond donors (Lipinski definition) is 1. The lowest BCUT2D eigenvalue weighted by Gasteiger charge is -2.13. The molecular formula is C20H16F4N4O4. The number of ether oxygens (including phenoxy) is 1. The molecule has 0 atom stereocenters. The molecule has 3 aromatic rings. The Hall–Kier alpha value is -3.96. The standard InChI is InChI=1S/C20H16F4N4O4/c1-11(29)25-13-4-3-5-14(9-13)28-19(31)27(18(30)17(26-28)32-2)10-12-6-7-16(21)15(8-12)20(22,23)24/h3-9H,10H2,1-2H3,(H,25,29). The van der Waals surface area contributed by atoms with E-state index < -0.39 is 41.2 Å². The molecule has 0 spiro atoms. The lowest BCUT2D eigenvalue weighted by atomic mass is 10.1. The molecule has 1 aromatic heterocycles. The minimum atomic E-state index is -4.95. The molecule has 168 valence electrons. The quantitative estimate of drug-likeness (QED) is 0.601. The zero-order valence-corrected chi connectivity index (χ0v) is 16.7. The van der Waals surface area contributed by atoms with E-state index in [1.54, 1.807) is 6.07 Å². The number of nitrogens with zero attached hydrogens (tertiary/aromatic N) is 3. The summed E-state index contributed by atoms with van der Waals surface area (Å²) in [5, 5.41) is 6.38. The smallest absolute Gasteiger partial charge is 0.419 e. The van der Waals surface area contributed by atoms with Crippen LogP contribution in [0.25, 0.3) is 5.69 Å². The maximum absolute atomic E-state index is 13.6. The summed E-state index contributed by atoms with van der Waals surface area (Å²) in [5.74, 6) is -2.33. The van der Waals surface area contributed by atoms with Crippen molar-refractivity contribution in [3.05, 3.63) is 80.2 Å². The highest BCUT2D eigenvalue weighted by Gasteiger charge is 2.34. The third-order valence-electron chi connectivity index (χ3n) is 4.31. The molecule has 1 N–H and O–H groups in total. The fraction of sp³-hybridized carbons (Fsp3) is 0.200. The number of nitrogens with one attached hydrogen (secondary N) is 1. The van der Waals surface area contributed by atoms with Gasteiger partial charge in [-0.3, -0.25) is 9.59 Å². The van der Waals surface area contributed by atoms with Crippen LogP contribution in [0.15, 0.2) is 52.1 Å². The van der Waals surface area contributed by atoms with E-state index in [1.807, 2.05) is 0 Å². The summed E-state index contributed by atoms with van der Waals surface area (Å²) >= 11 is 0. The van der Waals surface area contributed by atoms with Gasteiger partial charge in [0.05, 0.1) is 24.9 Å². The average Bonchev–Trinajstić information content (AvgIpc) is 2.71. The Kier molecular flexibility index (Phi) is 6.14. The summed E-state index contributed by atoms with van der Waals surface area (Å²) in [7, 11) is 1.14. The van der Waals surface area contributed by atoms with Crippen LogP contribution >= 0.6 is 0 Å². The van der Waals surface area contributed by atoms with E-state index in [-0.39, 0.29) is 17.2 Å². The van der Waals surface area contributed by atoms with Crippen molar-refractivity contribution < 1.29 is 27.1 Å². The Balaban J connectivity index is 2.14. The monoisotopic (exact) mass is 452 g/mol. The van der Waals surface area contributed by atoms with Crippen molar-refractivity contribution in [1.82, 2.24) is 14.3 Å². The molecule has 0 aliphatic rings. The number of alkyl halides is 3. The van der Waals surface area contributed by atoms with E-state index >= 15 is 0 Å². The Morgan fingerprint density at radius 1 is 1.16 bits per heavy atom. The first kappa shape index (κ1) is 22.7. The second kappa shape index (κ2) is 8.65. The molecule has 3 rings (SSSR count). The van der Waals surface area contributed by atoms with Gasteiger partial charge in [-0.15, -0.1) is 5.10 Å². The zero-order chi connectivity index (χ0) is 23.6. The van der Waals surface area contributed by atoms with E-state index in [9.17, 15) is 31.9 Å². The number of rotatable bonds is 5. The second-order valence-electron chi connectivity index (χ2n) is 6.64. The molecule has 0 aliphatic carbocycles. The molecule has 12 heteroatoms. The fourth-order valence-electron chi connectivity index (χ4n) is 2.92. The van der Waals surface area contributed by atoms with E-state index in [0.29, 0.717) is 22.4 Å². The predicted molar refractivity (Wildman–Crippen MR) is 105 cm³/mol. The molecule has 8 nitrogen and oxygen atoms in total. The first-order chi connectivity index (χ1) is 15.0. The van der Waals surface area contributed by atoms with Gasteiger partial charge in [0.1, 0.15) is 5.82 Å². The van der Waals surface area contributed by atoms with Gasteiger partial charge in [-0.2, -0.15) is 17.9 Å². The highest BCUT2D eigenvalue weighted by Crippen LogP contribution is 2.32. The van der Waals surface area contributed by atoms with Gasteiger partial charge >= 0.3 is 17.4 Å². The lowest BCUT2D eigenvalue weighted by molar-refractivity contribution is -0.140. The predicted octanol–water partition coefficient (Wildman–Crippen LogP) is 2.57. The number of aromatic nitrogens is 3. The maximum atomic E-state index is 13.6. The molecule has 1 heterocycles. The normalized spacial score (nSPS) is 11.3. The third-order valence-corrected chi connectivity index (χ3v) is 4.31. The second-order valence-corrected chi connectivity index (χ2v) is 6.64. The number of hydrogen-bond acceptors (Lipinski definition) is 5. The van der Waals surface area contributed by atoms with Crippen LogP contribution < -0.4 is 21.3 Å².